The van der Waals surface area contributed by atoms with Crippen molar-refractivity contribution in [3.8, 4) is 17.2 Å². The van der Waals surface area contributed by atoms with Gasteiger partial charge in [-0.25, -0.2) is 0 Å². The van der Waals surface area contributed by atoms with Gasteiger partial charge in [0.2, 0.25) is 6.79 Å². The molecule has 0 saturated carbocycles. The molecule has 2 N–H and O–H groups in total. The highest BCUT2D eigenvalue weighted by Crippen LogP contribution is 2.39. The van der Waals surface area contributed by atoms with E-state index < -0.39 is 0 Å². The molecule has 0 spiro atoms. The fraction of sp³-hybridized carbons (Fsp3) is 0.316. The lowest BCUT2D eigenvalue weighted by Gasteiger charge is -2.13. The summed E-state index contributed by atoms with van der Waals surface area (Å²) in [6.07, 6.45) is 0.848. The smallest absolute Gasteiger partial charge is 0.231 e. The molecule has 0 fully saturated rings. The van der Waals surface area contributed by atoms with Gasteiger partial charge in [0.1, 0.15) is 5.75 Å². The molecule has 2 aromatic rings. The number of aliphatic imine (C=N–C) groups is 1. The third kappa shape index (κ3) is 4.40. The van der Waals surface area contributed by atoms with E-state index in [0.29, 0.717) is 6.54 Å². The second kappa shape index (κ2) is 8.80. The Morgan fingerprint density at radius 2 is 2.08 bits per heavy atom. The number of para-hydroxylation sites is 1. The molecule has 2 aromatic carbocycles. The molecule has 0 radical (unpaired) electrons. The number of ether oxygens (including phenoxy) is 3. The largest absolute Gasteiger partial charge is 0.496 e. The van der Waals surface area contributed by atoms with Gasteiger partial charge in [-0.1, -0.05) is 18.2 Å². The molecule has 0 atom stereocenters. The summed E-state index contributed by atoms with van der Waals surface area (Å²) in [5.41, 5.74) is 2.24. The van der Waals surface area contributed by atoms with E-state index in [9.17, 15) is 0 Å². The molecule has 26 heavy (non-hydrogen) atoms. The summed E-state index contributed by atoms with van der Waals surface area (Å²) in [7, 11) is 3.45. The van der Waals surface area contributed by atoms with Crippen molar-refractivity contribution in [2.75, 3.05) is 27.5 Å². The molecule has 7 heteroatoms. The van der Waals surface area contributed by atoms with E-state index in [1.165, 1.54) is 0 Å². The Balaban J connectivity index is 1.52. The van der Waals surface area contributed by atoms with Gasteiger partial charge in [0.25, 0.3) is 0 Å². The highest BCUT2D eigenvalue weighted by molar-refractivity contribution is 9.10. The van der Waals surface area contributed by atoms with Crippen LogP contribution in [0.2, 0.25) is 0 Å². The standard InChI is InChI=1S/C19H22BrN3O3/c1-21-19(22-8-7-14-5-3-4-6-16(14)24-2)23-11-13-9-15(20)18-17(10-13)25-12-26-18/h3-6,9-10H,7-8,11-12H2,1-2H3,(H2,21,22,23). The van der Waals surface area contributed by atoms with Gasteiger partial charge in [0.15, 0.2) is 17.5 Å². The molecule has 0 bridgehead atoms. The number of methoxy groups -OCH3 is 1. The minimum absolute atomic E-state index is 0.261. The molecular formula is C19H22BrN3O3. The Morgan fingerprint density at radius 3 is 2.88 bits per heavy atom. The summed E-state index contributed by atoms with van der Waals surface area (Å²) in [5.74, 6) is 3.17. The number of rotatable bonds is 6. The number of nitrogens with one attached hydrogen (secondary N) is 2. The van der Waals surface area contributed by atoms with Gasteiger partial charge in [-0.15, -0.1) is 0 Å². The Kier molecular flexibility index (Phi) is 6.22. The van der Waals surface area contributed by atoms with Gasteiger partial charge in [-0.2, -0.15) is 0 Å². The lowest BCUT2D eigenvalue weighted by atomic mass is 10.1. The SMILES string of the molecule is CN=C(NCCc1ccccc1OC)NCc1cc(Br)c2c(c1)OCO2. The third-order valence-corrected chi connectivity index (χ3v) is 4.64. The fourth-order valence-corrected chi connectivity index (χ4v) is 3.36. The monoisotopic (exact) mass is 419 g/mol. The molecule has 1 heterocycles. The Bertz CT molecular complexity index is 796. The van der Waals surface area contributed by atoms with E-state index in [-0.39, 0.29) is 6.79 Å². The van der Waals surface area contributed by atoms with E-state index in [0.717, 1.165) is 51.8 Å². The number of nitrogens with zero attached hydrogens (tertiary/aromatic N) is 1. The highest BCUT2D eigenvalue weighted by Gasteiger charge is 2.17. The zero-order chi connectivity index (χ0) is 18.4. The van der Waals surface area contributed by atoms with Gasteiger partial charge >= 0.3 is 0 Å². The summed E-state index contributed by atoms with van der Waals surface area (Å²) < 4.78 is 17.1. The van der Waals surface area contributed by atoms with Crippen LogP contribution in [-0.4, -0.2) is 33.5 Å². The normalized spacial score (nSPS) is 12.8. The van der Waals surface area contributed by atoms with Crippen molar-refractivity contribution in [1.82, 2.24) is 10.6 Å². The Labute approximate surface area is 161 Å². The molecule has 0 aliphatic carbocycles. The first-order valence-electron chi connectivity index (χ1n) is 8.35. The number of halogens is 1. The summed E-state index contributed by atoms with van der Waals surface area (Å²) >= 11 is 3.51. The lowest BCUT2D eigenvalue weighted by Crippen LogP contribution is -2.37. The van der Waals surface area contributed by atoms with Crippen LogP contribution in [0.1, 0.15) is 11.1 Å². The summed E-state index contributed by atoms with van der Waals surface area (Å²) in [4.78, 5) is 4.27. The van der Waals surface area contributed by atoms with Gasteiger partial charge in [-0.3, -0.25) is 4.99 Å². The second-order valence-corrected chi connectivity index (χ2v) is 6.58. The van der Waals surface area contributed by atoms with Crippen molar-refractivity contribution in [2.24, 2.45) is 4.99 Å². The molecule has 0 saturated heterocycles. The maximum atomic E-state index is 5.45. The maximum absolute atomic E-state index is 5.45. The average Bonchev–Trinajstić information content (AvgIpc) is 3.14. The van der Waals surface area contributed by atoms with Gasteiger partial charge in [0.05, 0.1) is 11.6 Å². The van der Waals surface area contributed by atoms with E-state index in [2.05, 4.69) is 37.6 Å². The van der Waals surface area contributed by atoms with E-state index in [1.807, 2.05) is 30.3 Å². The maximum Gasteiger partial charge on any atom is 0.231 e. The van der Waals surface area contributed by atoms with Crippen molar-refractivity contribution < 1.29 is 14.2 Å². The number of fused-ring (bicyclic) bond motifs is 1. The molecule has 3 rings (SSSR count). The minimum atomic E-state index is 0.261. The average molecular weight is 420 g/mol. The van der Waals surface area contributed by atoms with Gasteiger partial charge in [-0.05, 0) is 51.7 Å². The molecule has 0 amide bonds. The van der Waals surface area contributed by atoms with Crippen LogP contribution in [0.4, 0.5) is 0 Å². The van der Waals surface area contributed by atoms with Crippen LogP contribution in [0.5, 0.6) is 17.2 Å². The summed E-state index contributed by atoms with van der Waals surface area (Å²) in [5, 5.41) is 6.63. The Morgan fingerprint density at radius 1 is 1.23 bits per heavy atom. The van der Waals surface area contributed by atoms with Crippen molar-refractivity contribution in [3.05, 3.63) is 52.0 Å². The van der Waals surface area contributed by atoms with Crippen LogP contribution in [0.3, 0.4) is 0 Å². The first kappa shape index (κ1) is 18.4. The zero-order valence-corrected chi connectivity index (χ0v) is 16.4. The molecule has 0 aromatic heterocycles. The molecule has 0 unspecified atom stereocenters. The quantitative estimate of drug-likeness (QED) is 0.556. The number of guanidine groups is 1. The van der Waals surface area contributed by atoms with Crippen LogP contribution in [0.25, 0.3) is 0 Å². The van der Waals surface area contributed by atoms with Crippen LogP contribution in [0, 0.1) is 0 Å². The second-order valence-electron chi connectivity index (χ2n) is 5.73. The van der Waals surface area contributed by atoms with E-state index in [1.54, 1.807) is 14.2 Å². The zero-order valence-electron chi connectivity index (χ0n) is 14.8. The first-order chi connectivity index (χ1) is 12.7. The lowest BCUT2D eigenvalue weighted by molar-refractivity contribution is 0.173. The molecule has 1 aliphatic heterocycles. The molecule has 1 aliphatic rings. The highest BCUT2D eigenvalue weighted by atomic mass is 79.9. The Hall–Kier alpha value is -2.41. The molecular weight excluding hydrogens is 398 g/mol. The number of hydrogen-bond donors (Lipinski definition) is 2. The molecule has 138 valence electrons. The molecule has 6 nitrogen and oxygen atoms in total. The topological polar surface area (TPSA) is 64.1 Å². The summed E-state index contributed by atoms with van der Waals surface area (Å²) in [6, 6.07) is 12.0. The third-order valence-electron chi connectivity index (χ3n) is 4.05. The van der Waals surface area contributed by atoms with Crippen molar-refractivity contribution in [1.29, 1.82) is 0 Å². The number of benzene rings is 2. The van der Waals surface area contributed by atoms with E-state index >= 15 is 0 Å². The predicted molar refractivity (Wildman–Crippen MR) is 105 cm³/mol. The minimum Gasteiger partial charge on any atom is -0.496 e. The van der Waals surface area contributed by atoms with Crippen molar-refractivity contribution >= 4 is 21.9 Å². The van der Waals surface area contributed by atoms with Crippen molar-refractivity contribution in [2.45, 2.75) is 13.0 Å². The first-order valence-corrected chi connectivity index (χ1v) is 9.15. The number of hydrogen-bond acceptors (Lipinski definition) is 4. The predicted octanol–water partition coefficient (Wildman–Crippen LogP) is 3.09. The fourth-order valence-electron chi connectivity index (χ4n) is 2.75. The van der Waals surface area contributed by atoms with Crippen molar-refractivity contribution in [3.63, 3.8) is 0 Å². The van der Waals surface area contributed by atoms with E-state index in [4.69, 9.17) is 14.2 Å². The van der Waals surface area contributed by atoms with Gasteiger partial charge in [0, 0.05) is 20.1 Å². The van der Waals surface area contributed by atoms with Crippen LogP contribution < -0.4 is 24.8 Å². The van der Waals surface area contributed by atoms with Gasteiger partial charge < -0.3 is 24.8 Å². The van der Waals surface area contributed by atoms with Crippen LogP contribution >= 0.6 is 15.9 Å². The van der Waals surface area contributed by atoms with Crippen LogP contribution in [-0.2, 0) is 13.0 Å². The van der Waals surface area contributed by atoms with Crippen LogP contribution in [0.15, 0.2) is 45.9 Å². The summed E-state index contributed by atoms with van der Waals surface area (Å²) in [6.45, 7) is 1.64.